The zero-order valence-corrected chi connectivity index (χ0v) is 19.3. The summed E-state index contributed by atoms with van der Waals surface area (Å²) in [6.07, 6.45) is -3.79. The van der Waals surface area contributed by atoms with Crippen LogP contribution in [-0.4, -0.2) is 21.2 Å². The highest BCUT2D eigenvalue weighted by atomic mass is 32.2. The number of hydrogen-bond donors (Lipinski definition) is 1. The predicted molar refractivity (Wildman–Crippen MR) is 126 cm³/mol. The molecule has 0 saturated carbocycles. The molecule has 1 N–H and O–H groups in total. The summed E-state index contributed by atoms with van der Waals surface area (Å²) in [4.78, 5) is 30.3. The third-order valence-electron chi connectivity index (χ3n) is 5.18. The second-order valence-electron chi connectivity index (χ2n) is 8.23. The van der Waals surface area contributed by atoms with Gasteiger partial charge in [0.25, 0.3) is 5.56 Å². The van der Waals surface area contributed by atoms with E-state index < -0.39 is 17.6 Å². The molecule has 4 aromatic rings. The van der Waals surface area contributed by atoms with Crippen molar-refractivity contribution in [3.8, 4) is 0 Å². The minimum atomic E-state index is -4.51. The summed E-state index contributed by atoms with van der Waals surface area (Å²) in [5.74, 6) is -0.308. The van der Waals surface area contributed by atoms with E-state index in [1.165, 1.54) is 16.7 Å². The van der Waals surface area contributed by atoms with E-state index in [-0.39, 0.29) is 22.6 Å². The zero-order valence-electron chi connectivity index (χ0n) is 18.5. The van der Waals surface area contributed by atoms with Gasteiger partial charge in [0.2, 0.25) is 11.5 Å². The van der Waals surface area contributed by atoms with Gasteiger partial charge >= 0.3 is 6.18 Å². The van der Waals surface area contributed by atoms with Crippen molar-refractivity contribution in [1.29, 1.82) is 0 Å². The highest BCUT2D eigenvalue weighted by Crippen LogP contribution is 2.31. The summed E-state index contributed by atoms with van der Waals surface area (Å²) in [6.45, 7) is 4.47. The maximum Gasteiger partial charge on any atom is 0.416 e. The molecule has 0 fully saturated rings. The lowest BCUT2D eigenvalue weighted by molar-refractivity contribution is -0.137. The molecule has 2 heterocycles. The Labute approximate surface area is 197 Å². The van der Waals surface area contributed by atoms with Crippen LogP contribution in [0, 0.1) is 5.92 Å². The molecule has 0 radical (unpaired) electrons. The normalized spacial score (nSPS) is 12.1. The van der Waals surface area contributed by atoms with Crippen LogP contribution in [0.4, 0.5) is 18.9 Å². The highest BCUT2D eigenvalue weighted by Gasteiger charge is 2.30. The number of alkyl halides is 3. The molecule has 0 aliphatic heterocycles. The molecular weight excluding hydrogens is 467 g/mol. The number of halogens is 3. The van der Waals surface area contributed by atoms with Crippen molar-refractivity contribution in [2.75, 3.05) is 11.1 Å². The van der Waals surface area contributed by atoms with E-state index in [0.717, 1.165) is 30.3 Å². The van der Waals surface area contributed by atoms with Crippen LogP contribution in [0.3, 0.4) is 0 Å². The lowest BCUT2D eigenvalue weighted by Gasteiger charge is -2.13. The Morgan fingerprint density at radius 2 is 1.94 bits per heavy atom. The number of rotatable bonds is 7. The largest absolute Gasteiger partial charge is 0.448 e. The summed E-state index contributed by atoms with van der Waals surface area (Å²) in [5, 5.41) is 3.52. The average Bonchev–Trinajstić information content (AvgIpc) is 3.15. The van der Waals surface area contributed by atoms with Gasteiger partial charge in [-0.1, -0.05) is 43.8 Å². The lowest BCUT2D eigenvalue weighted by Crippen LogP contribution is -2.24. The fourth-order valence-corrected chi connectivity index (χ4v) is 4.27. The summed E-state index contributed by atoms with van der Waals surface area (Å²) in [7, 11) is 0. The molecule has 2 aromatic heterocycles. The molecule has 1 amide bonds. The van der Waals surface area contributed by atoms with Crippen molar-refractivity contribution in [2.24, 2.45) is 5.92 Å². The summed E-state index contributed by atoms with van der Waals surface area (Å²) in [6, 6.07) is 11.6. The van der Waals surface area contributed by atoms with E-state index in [0.29, 0.717) is 34.1 Å². The van der Waals surface area contributed by atoms with Crippen molar-refractivity contribution >= 4 is 45.4 Å². The van der Waals surface area contributed by atoms with E-state index in [1.54, 1.807) is 18.2 Å². The minimum absolute atomic E-state index is 0.0434. The van der Waals surface area contributed by atoms with Crippen molar-refractivity contribution in [3.63, 3.8) is 0 Å². The van der Waals surface area contributed by atoms with Gasteiger partial charge in [-0.25, -0.2) is 4.98 Å². The molecule has 0 aliphatic rings. The van der Waals surface area contributed by atoms with E-state index in [2.05, 4.69) is 10.3 Å². The van der Waals surface area contributed by atoms with Crippen molar-refractivity contribution < 1.29 is 22.4 Å². The van der Waals surface area contributed by atoms with Crippen LogP contribution in [0.2, 0.25) is 0 Å². The van der Waals surface area contributed by atoms with Crippen LogP contribution in [-0.2, 0) is 17.5 Å². The van der Waals surface area contributed by atoms with Gasteiger partial charge in [-0.2, -0.15) is 13.2 Å². The first kappa shape index (κ1) is 23.9. The van der Waals surface area contributed by atoms with Gasteiger partial charge < -0.3 is 9.73 Å². The second kappa shape index (κ2) is 9.54. The third-order valence-corrected chi connectivity index (χ3v) is 6.16. The Hall–Kier alpha value is -3.27. The minimum Gasteiger partial charge on any atom is -0.448 e. The number of carbonyl (C=O) groups is 1. The SMILES string of the molecule is CC(C)CCn1c(SCC(=O)Nc2cccc(C(F)(F)F)c2)nc2c(oc3ccccc32)c1=O. The average molecular weight is 490 g/mol. The van der Waals surface area contributed by atoms with Crippen LogP contribution in [0.15, 0.2) is 62.9 Å². The number of amides is 1. The predicted octanol–water partition coefficient (Wildman–Crippen LogP) is 5.94. The highest BCUT2D eigenvalue weighted by molar-refractivity contribution is 7.99. The number of benzene rings is 2. The molecule has 0 unspecified atom stereocenters. The molecule has 6 nitrogen and oxygen atoms in total. The Kier molecular flexibility index (Phi) is 6.70. The number of nitrogens with zero attached hydrogens (tertiary/aromatic N) is 2. The van der Waals surface area contributed by atoms with Gasteiger partial charge in [-0.15, -0.1) is 0 Å². The Morgan fingerprint density at radius 1 is 1.18 bits per heavy atom. The third kappa shape index (κ3) is 5.11. The Bertz CT molecular complexity index is 1410. The maximum atomic E-state index is 13.2. The van der Waals surface area contributed by atoms with Crippen LogP contribution in [0.5, 0.6) is 0 Å². The van der Waals surface area contributed by atoms with Gasteiger partial charge in [0.1, 0.15) is 11.1 Å². The molecule has 0 bridgehead atoms. The summed E-state index contributed by atoms with van der Waals surface area (Å²) >= 11 is 1.05. The van der Waals surface area contributed by atoms with Crippen LogP contribution in [0.25, 0.3) is 22.1 Å². The van der Waals surface area contributed by atoms with Gasteiger partial charge in [-0.05, 0) is 42.7 Å². The van der Waals surface area contributed by atoms with E-state index >= 15 is 0 Å². The van der Waals surface area contributed by atoms with Crippen molar-refractivity contribution in [3.05, 3.63) is 64.4 Å². The van der Waals surface area contributed by atoms with Crippen LogP contribution in [0.1, 0.15) is 25.8 Å². The molecular formula is C24H22F3N3O3S. The van der Waals surface area contributed by atoms with Crippen molar-refractivity contribution in [1.82, 2.24) is 9.55 Å². The Morgan fingerprint density at radius 3 is 2.68 bits per heavy atom. The number of para-hydroxylation sites is 1. The molecule has 2 aromatic carbocycles. The molecule has 4 rings (SSSR count). The van der Waals surface area contributed by atoms with Gasteiger partial charge in [0.15, 0.2) is 5.16 Å². The number of aromatic nitrogens is 2. The number of anilines is 1. The summed E-state index contributed by atoms with van der Waals surface area (Å²) in [5.41, 5.74) is -0.0178. The van der Waals surface area contributed by atoms with Crippen LogP contribution >= 0.6 is 11.8 Å². The van der Waals surface area contributed by atoms with E-state index in [4.69, 9.17) is 4.42 Å². The van der Waals surface area contributed by atoms with Gasteiger partial charge in [0.05, 0.1) is 11.3 Å². The number of thioether (sulfide) groups is 1. The summed E-state index contributed by atoms with van der Waals surface area (Å²) < 4.78 is 46.0. The van der Waals surface area contributed by atoms with E-state index in [1.807, 2.05) is 19.9 Å². The first-order valence-electron chi connectivity index (χ1n) is 10.7. The molecule has 178 valence electrons. The molecule has 10 heteroatoms. The zero-order chi connectivity index (χ0) is 24.5. The van der Waals surface area contributed by atoms with E-state index in [9.17, 15) is 22.8 Å². The fourth-order valence-electron chi connectivity index (χ4n) is 3.45. The van der Waals surface area contributed by atoms with Crippen molar-refractivity contribution in [2.45, 2.75) is 38.1 Å². The smallest absolute Gasteiger partial charge is 0.416 e. The molecule has 0 atom stereocenters. The first-order valence-corrected chi connectivity index (χ1v) is 11.6. The molecule has 34 heavy (non-hydrogen) atoms. The topological polar surface area (TPSA) is 77.1 Å². The lowest BCUT2D eigenvalue weighted by atomic mass is 10.1. The monoisotopic (exact) mass is 489 g/mol. The fraction of sp³-hybridized carbons (Fsp3) is 0.292. The number of furan rings is 1. The second-order valence-corrected chi connectivity index (χ2v) is 9.17. The number of fused-ring (bicyclic) bond motifs is 3. The van der Waals surface area contributed by atoms with Gasteiger partial charge in [-0.3, -0.25) is 14.2 Å². The standard InChI is InChI=1S/C24H22F3N3O3S/c1-14(2)10-11-30-22(32)21-20(17-8-3-4-9-18(17)33-21)29-23(30)34-13-19(31)28-16-7-5-6-15(12-16)24(25,26)27/h3-9,12,14H,10-11,13H2,1-2H3,(H,28,31). The molecule has 0 aliphatic carbocycles. The molecule has 0 spiro atoms. The number of nitrogens with one attached hydrogen (secondary N) is 1. The maximum absolute atomic E-state index is 13.2. The van der Waals surface area contributed by atoms with Crippen LogP contribution < -0.4 is 10.9 Å². The first-order chi connectivity index (χ1) is 16.1. The number of carbonyl (C=O) groups excluding carboxylic acids is 1. The Balaban J connectivity index is 1.61. The molecule has 0 saturated heterocycles. The van der Waals surface area contributed by atoms with Gasteiger partial charge in [0, 0.05) is 17.6 Å². The quantitative estimate of drug-likeness (QED) is 0.257. The number of hydrogen-bond acceptors (Lipinski definition) is 5.